The molecule has 64 valence electrons. The summed E-state index contributed by atoms with van der Waals surface area (Å²) in [6.45, 7) is 2.04. The van der Waals surface area contributed by atoms with E-state index < -0.39 is 6.10 Å². The summed E-state index contributed by atoms with van der Waals surface area (Å²) in [5, 5.41) is 9.18. The molecule has 1 fully saturated rings. The summed E-state index contributed by atoms with van der Waals surface area (Å²) >= 11 is 0. The van der Waals surface area contributed by atoms with Gasteiger partial charge in [0, 0.05) is 6.42 Å². The Hall–Kier alpha value is -0.570. The third-order valence-electron chi connectivity index (χ3n) is 1.85. The van der Waals surface area contributed by atoms with E-state index in [0.29, 0.717) is 6.42 Å². The fourth-order valence-corrected chi connectivity index (χ4v) is 1.36. The van der Waals surface area contributed by atoms with Crippen LogP contribution in [0, 0.1) is 0 Å². The van der Waals surface area contributed by atoms with Gasteiger partial charge >= 0.3 is 5.97 Å². The summed E-state index contributed by atoms with van der Waals surface area (Å²) in [5.41, 5.74) is 0. The van der Waals surface area contributed by atoms with Gasteiger partial charge in [-0.1, -0.05) is 13.3 Å². The van der Waals surface area contributed by atoms with Crippen LogP contribution in [0.1, 0.15) is 32.6 Å². The minimum absolute atomic E-state index is 0.0451. The Morgan fingerprint density at radius 3 is 3.00 bits per heavy atom. The molecule has 0 aromatic heterocycles. The van der Waals surface area contributed by atoms with Gasteiger partial charge in [-0.05, 0) is 6.42 Å². The smallest absolute Gasteiger partial charge is 0.308 e. The lowest BCUT2D eigenvalue weighted by Gasteiger charge is -2.25. The van der Waals surface area contributed by atoms with Crippen LogP contribution in [-0.4, -0.2) is 23.3 Å². The molecule has 0 aromatic carbocycles. The zero-order valence-corrected chi connectivity index (χ0v) is 6.75. The van der Waals surface area contributed by atoms with E-state index >= 15 is 0 Å². The van der Waals surface area contributed by atoms with Crippen molar-refractivity contribution >= 4 is 5.97 Å². The van der Waals surface area contributed by atoms with Crippen molar-refractivity contribution in [3.8, 4) is 0 Å². The number of ether oxygens (including phenoxy) is 1. The molecule has 0 aliphatic carbocycles. The SMILES string of the molecule is CCC[C@@H]1C[C@@H](O)CC(=O)O1. The Bertz CT molecular complexity index is 144. The van der Waals surface area contributed by atoms with Crippen LogP contribution >= 0.6 is 0 Å². The first-order valence-electron chi connectivity index (χ1n) is 4.10. The van der Waals surface area contributed by atoms with Gasteiger partial charge in [-0.3, -0.25) is 4.79 Å². The van der Waals surface area contributed by atoms with Crippen molar-refractivity contribution in [1.29, 1.82) is 0 Å². The molecule has 0 amide bonds. The lowest BCUT2D eigenvalue weighted by Crippen LogP contribution is -2.32. The predicted molar refractivity (Wildman–Crippen MR) is 40.0 cm³/mol. The van der Waals surface area contributed by atoms with Crippen molar-refractivity contribution < 1.29 is 14.6 Å². The Kier molecular flexibility index (Phi) is 2.88. The quantitative estimate of drug-likeness (QED) is 0.606. The number of rotatable bonds is 2. The third-order valence-corrected chi connectivity index (χ3v) is 1.85. The van der Waals surface area contributed by atoms with Crippen LogP contribution in [0.5, 0.6) is 0 Å². The fraction of sp³-hybridized carbons (Fsp3) is 0.875. The molecule has 1 aliphatic heterocycles. The van der Waals surface area contributed by atoms with Crippen molar-refractivity contribution in [2.75, 3.05) is 0 Å². The summed E-state index contributed by atoms with van der Waals surface area (Å²) in [7, 11) is 0. The Balaban J connectivity index is 2.36. The molecule has 3 heteroatoms. The monoisotopic (exact) mass is 158 g/mol. The maximum Gasteiger partial charge on any atom is 0.308 e. The van der Waals surface area contributed by atoms with Gasteiger partial charge < -0.3 is 9.84 Å². The average Bonchev–Trinajstić information content (AvgIpc) is 1.85. The van der Waals surface area contributed by atoms with Crippen LogP contribution in [0.25, 0.3) is 0 Å². The van der Waals surface area contributed by atoms with Gasteiger partial charge in [-0.15, -0.1) is 0 Å². The van der Waals surface area contributed by atoms with E-state index in [2.05, 4.69) is 0 Å². The predicted octanol–water partition coefficient (Wildman–Crippen LogP) is 0.853. The third kappa shape index (κ3) is 2.50. The van der Waals surface area contributed by atoms with Crippen LogP contribution in [0.4, 0.5) is 0 Å². The summed E-state index contributed by atoms with van der Waals surface area (Å²) in [6.07, 6.45) is 2.11. The molecular formula is C8H14O3. The van der Waals surface area contributed by atoms with Crippen LogP contribution in [-0.2, 0) is 9.53 Å². The Morgan fingerprint density at radius 1 is 1.73 bits per heavy atom. The highest BCUT2D eigenvalue weighted by Crippen LogP contribution is 2.18. The van der Waals surface area contributed by atoms with Crippen molar-refractivity contribution in [1.82, 2.24) is 0 Å². The molecule has 0 bridgehead atoms. The van der Waals surface area contributed by atoms with Gasteiger partial charge in [0.2, 0.25) is 0 Å². The second kappa shape index (κ2) is 3.72. The second-order valence-corrected chi connectivity index (χ2v) is 2.99. The molecule has 0 radical (unpaired) electrons. The topological polar surface area (TPSA) is 46.5 Å². The van der Waals surface area contributed by atoms with Gasteiger partial charge in [-0.25, -0.2) is 0 Å². The number of aliphatic hydroxyl groups excluding tert-OH is 1. The number of hydrogen-bond donors (Lipinski definition) is 1. The normalized spacial score (nSPS) is 31.6. The van der Waals surface area contributed by atoms with Gasteiger partial charge in [0.25, 0.3) is 0 Å². The van der Waals surface area contributed by atoms with E-state index in [1.807, 2.05) is 6.92 Å². The van der Waals surface area contributed by atoms with Gasteiger partial charge in [0.1, 0.15) is 6.10 Å². The van der Waals surface area contributed by atoms with E-state index in [0.717, 1.165) is 12.8 Å². The molecule has 3 nitrogen and oxygen atoms in total. The van der Waals surface area contributed by atoms with Crippen molar-refractivity contribution in [3.05, 3.63) is 0 Å². The van der Waals surface area contributed by atoms with Gasteiger partial charge in [0.05, 0.1) is 12.5 Å². The lowest BCUT2D eigenvalue weighted by atomic mass is 10.0. The van der Waals surface area contributed by atoms with Crippen LogP contribution in [0.2, 0.25) is 0 Å². The highest BCUT2D eigenvalue weighted by molar-refractivity contribution is 5.70. The van der Waals surface area contributed by atoms with E-state index in [1.54, 1.807) is 0 Å². The number of aliphatic hydroxyl groups is 1. The van der Waals surface area contributed by atoms with Crippen LogP contribution < -0.4 is 0 Å². The Labute approximate surface area is 66.4 Å². The van der Waals surface area contributed by atoms with Crippen LogP contribution in [0.3, 0.4) is 0 Å². The molecule has 1 N–H and O–H groups in total. The number of carbonyl (C=O) groups excluding carboxylic acids is 1. The summed E-state index contributed by atoms with van der Waals surface area (Å²) < 4.78 is 5.00. The zero-order chi connectivity index (χ0) is 8.27. The van der Waals surface area contributed by atoms with Crippen molar-refractivity contribution in [2.24, 2.45) is 0 Å². The Morgan fingerprint density at radius 2 is 2.45 bits per heavy atom. The number of carbonyl (C=O) groups is 1. The molecule has 0 spiro atoms. The molecule has 2 atom stereocenters. The average molecular weight is 158 g/mol. The molecule has 0 unspecified atom stereocenters. The van der Waals surface area contributed by atoms with Gasteiger partial charge in [-0.2, -0.15) is 0 Å². The largest absolute Gasteiger partial charge is 0.462 e. The lowest BCUT2D eigenvalue weighted by molar-refractivity contribution is -0.160. The number of cyclic esters (lactones) is 1. The molecule has 1 saturated heterocycles. The standard InChI is InChI=1S/C8H14O3/c1-2-3-7-4-6(9)5-8(10)11-7/h6-7,9H,2-5H2,1H3/t6-,7-/m1/s1. The maximum absolute atomic E-state index is 10.8. The molecule has 1 heterocycles. The van der Waals surface area contributed by atoms with Gasteiger partial charge in [0.15, 0.2) is 0 Å². The van der Waals surface area contributed by atoms with E-state index in [4.69, 9.17) is 4.74 Å². The van der Waals surface area contributed by atoms with Crippen LogP contribution in [0.15, 0.2) is 0 Å². The molecule has 0 aromatic rings. The highest BCUT2D eigenvalue weighted by Gasteiger charge is 2.25. The first-order chi connectivity index (χ1) is 5.22. The van der Waals surface area contributed by atoms with E-state index in [-0.39, 0.29) is 18.5 Å². The second-order valence-electron chi connectivity index (χ2n) is 2.99. The molecule has 1 rings (SSSR count). The first-order valence-corrected chi connectivity index (χ1v) is 4.10. The fourth-order valence-electron chi connectivity index (χ4n) is 1.36. The molecular weight excluding hydrogens is 144 g/mol. The molecule has 0 saturated carbocycles. The number of esters is 1. The highest BCUT2D eigenvalue weighted by atomic mass is 16.5. The molecule has 11 heavy (non-hydrogen) atoms. The number of hydrogen-bond acceptors (Lipinski definition) is 3. The van der Waals surface area contributed by atoms with E-state index in [9.17, 15) is 9.90 Å². The summed E-state index contributed by atoms with van der Waals surface area (Å²) in [6, 6.07) is 0. The van der Waals surface area contributed by atoms with Crippen molar-refractivity contribution in [3.63, 3.8) is 0 Å². The zero-order valence-electron chi connectivity index (χ0n) is 6.75. The van der Waals surface area contributed by atoms with Crippen molar-refractivity contribution in [2.45, 2.75) is 44.8 Å². The maximum atomic E-state index is 10.8. The summed E-state index contributed by atoms with van der Waals surface area (Å²) in [5.74, 6) is -0.262. The molecule has 1 aliphatic rings. The summed E-state index contributed by atoms with van der Waals surface area (Å²) in [4.78, 5) is 10.8. The minimum atomic E-state index is -0.479. The minimum Gasteiger partial charge on any atom is -0.462 e. The first kappa shape index (κ1) is 8.53. The van der Waals surface area contributed by atoms with E-state index in [1.165, 1.54) is 0 Å².